The van der Waals surface area contributed by atoms with Crippen molar-refractivity contribution in [1.82, 2.24) is 4.90 Å². The molecular formula is C20H23NO3. The Morgan fingerprint density at radius 3 is 2.62 bits per heavy atom. The van der Waals surface area contributed by atoms with Gasteiger partial charge in [-0.15, -0.1) is 0 Å². The van der Waals surface area contributed by atoms with Gasteiger partial charge in [-0.2, -0.15) is 0 Å². The maximum Gasteiger partial charge on any atom is 0.157 e. The van der Waals surface area contributed by atoms with E-state index >= 15 is 0 Å². The molecule has 126 valence electrons. The third-order valence-corrected chi connectivity index (χ3v) is 5.53. The summed E-state index contributed by atoms with van der Waals surface area (Å²) in [6, 6.07) is 9.52. The van der Waals surface area contributed by atoms with Crippen LogP contribution in [0.3, 0.4) is 0 Å². The van der Waals surface area contributed by atoms with Gasteiger partial charge in [0.2, 0.25) is 0 Å². The molecule has 0 spiro atoms. The van der Waals surface area contributed by atoms with Crippen molar-refractivity contribution in [3.05, 3.63) is 52.6 Å². The summed E-state index contributed by atoms with van der Waals surface area (Å²) < 4.78 is 0. The molecule has 2 aliphatic rings. The first-order valence-corrected chi connectivity index (χ1v) is 8.69. The van der Waals surface area contributed by atoms with Gasteiger partial charge in [-0.3, -0.25) is 4.90 Å². The molecule has 1 heterocycles. The normalized spacial score (nSPS) is 22.5. The lowest BCUT2D eigenvalue weighted by Gasteiger charge is -2.46. The summed E-state index contributed by atoms with van der Waals surface area (Å²) in [4.78, 5) is 2.46. The first kappa shape index (κ1) is 15.3. The van der Waals surface area contributed by atoms with Crippen molar-refractivity contribution < 1.29 is 15.3 Å². The fraction of sp³-hybridized carbons (Fsp3) is 0.400. The SMILES string of the molecule is CCCN1Cc2c(O)cccc2[C@@H]2c3cc(O)c(O)cc3CC[C@H]21. The summed E-state index contributed by atoms with van der Waals surface area (Å²) in [5.74, 6) is 0.359. The number of benzene rings is 2. The minimum atomic E-state index is -0.0660. The minimum absolute atomic E-state index is 0.0513. The van der Waals surface area contributed by atoms with Crippen LogP contribution in [0.4, 0.5) is 0 Å². The van der Waals surface area contributed by atoms with Crippen LogP contribution in [0.5, 0.6) is 17.2 Å². The van der Waals surface area contributed by atoms with Crippen LogP contribution >= 0.6 is 0 Å². The van der Waals surface area contributed by atoms with E-state index in [-0.39, 0.29) is 17.4 Å². The predicted octanol–water partition coefficient (Wildman–Crippen LogP) is 3.48. The molecule has 0 unspecified atom stereocenters. The zero-order chi connectivity index (χ0) is 16.8. The summed E-state index contributed by atoms with van der Waals surface area (Å²) in [6.07, 6.45) is 3.00. The second-order valence-electron chi connectivity index (χ2n) is 6.94. The average Bonchev–Trinajstić information content (AvgIpc) is 2.57. The molecule has 0 bridgehead atoms. The van der Waals surface area contributed by atoms with Crippen LogP contribution in [-0.4, -0.2) is 32.8 Å². The maximum absolute atomic E-state index is 10.4. The average molecular weight is 325 g/mol. The van der Waals surface area contributed by atoms with Gasteiger partial charge in [0.05, 0.1) is 0 Å². The topological polar surface area (TPSA) is 63.9 Å². The molecule has 0 aromatic heterocycles. The highest BCUT2D eigenvalue weighted by Crippen LogP contribution is 2.48. The molecule has 1 aliphatic heterocycles. The smallest absolute Gasteiger partial charge is 0.157 e. The number of hydrogen-bond donors (Lipinski definition) is 3. The van der Waals surface area contributed by atoms with Gasteiger partial charge in [0.1, 0.15) is 5.75 Å². The zero-order valence-corrected chi connectivity index (χ0v) is 13.9. The fourth-order valence-corrected chi connectivity index (χ4v) is 4.50. The first-order valence-electron chi connectivity index (χ1n) is 8.69. The van der Waals surface area contributed by atoms with Crippen LogP contribution in [0.25, 0.3) is 0 Å². The number of phenols is 3. The van der Waals surface area contributed by atoms with Crippen molar-refractivity contribution in [2.24, 2.45) is 0 Å². The van der Waals surface area contributed by atoms with E-state index in [9.17, 15) is 15.3 Å². The summed E-state index contributed by atoms with van der Waals surface area (Å²) in [6.45, 7) is 3.95. The molecule has 1 aliphatic carbocycles. The van der Waals surface area contributed by atoms with E-state index in [2.05, 4.69) is 17.9 Å². The van der Waals surface area contributed by atoms with E-state index in [0.29, 0.717) is 11.8 Å². The highest BCUT2D eigenvalue weighted by molar-refractivity contribution is 5.55. The van der Waals surface area contributed by atoms with E-state index in [1.807, 2.05) is 6.07 Å². The monoisotopic (exact) mass is 325 g/mol. The van der Waals surface area contributed by atoms with Gasteiger partial charge in [-0.1, -0.05) is 19.1 Å². The molecule has 4 rings (SSSR count). The van der Waals surface area contributed by atoms with Crippen LogP contribution in [-0.2, 0) is 13.0 Å². The fourth-order valence-electron chi connectivity index (χ4n) is 4.50. The summed E-state index contributed by atoms with van der Waals surface area (Å²) in [5, 5.41) is 30.2. The molecule has 2 aromatic rings. The Bertz CT molecular complexity index is 787. The molecule has 4 nitrogen and oxygen atoms in total. The zero-order valence-electron chi connectivity index (χ0n) is 13.9. The lowest BCUT2D eigenvalue weighted by atomic mass is 9.71. The first-order chi connectivity index (χ1) is 11.6. The van der Waals surface area contributed by atoms with Gasteiger partial charge in [-0.25, -0.2) is 0 Å². The van der Waals surface area contributed by atoms with Crippen LogP contribution in [0, 0.1) is 0 Å². The number of aromatic hydroxyl groups is 3. The van der Waals surface area contributed by atoms with Gasteiger partial charge in [0.25, 0.3) is 0 Å². The molecule has 0 saturated heterocycles. The van der Waals surface area contributed by atoms with Gasteiger partial charge in [-0.05, 0) is 60.7 Å². The molecule has 2 atom stereocenters. The molecule has 3 N–H and O–H groups in total. The summed E-state index contributed by atoms with van der Waals surface area (Å²) >= 11 is 0. The Hall–Kier alpha value is -2.20. The Labute approximate surface area is 142 Å². The highest BCUT2D eigenvalue weighted by atomic mass is 16.3. The molecule has 0 fully saturated rings. The number of fused-ring (bicyclic) bond motifs is 5. The van der Waals surface area contributed by atoms with Crippen LogP contribution in [0.15, 0.2) is 30.3 Å². The van der Waals surface area contributed by atoms with Crippen LogP contribution < -0.4 is 0 Å². The number of nitrogens with zero attached hydrogens (tertiary/aromatic N) is 1. The van der Waals surface area contributed by atoms with Gasteiger partial charge >= 0.3 is 0 Å². The number of hydrogen-bond acceptors (Lipinski definition) is 4. The molecule has 24 heavy (non-hydrogen) atoms. The third kappa shape index (κ3) is 2.25. The number of phenolic OH excluding ortho intramolecular Hbond substituents is 3. The lowest BCUT2D eigenvalue weighted by Crippen LogP contribution is -2.46. The third-order valence-electron chi connectivity index (χ3n) is 5.53. The lowest BCUT2D eigenvalue weighted by molar-refractivity contribution is 0.139. The van der Waals surface area contributed by atoms with Crippen molar-refractivity contribution in [1.29, 1.82) is 0 Å². The number of rotatable bonds is 2. The minimum Gasteiger partial charge on any atom is -0.508 e. The van der Waals surface area contributed by atoms with Crippen LogP contribution in [0.1, 0.15) is 47.9 Å². The molecule has 0 radical (unpaired) electrons. The maximum atomic E-state index is 10.4. The second-order valence-corrected chi connectivity index (χ2v) is 6.94. The highest BCUT2D eigenvalue weighted by Gasteiger charge is 2.40. The standard InChI is InChI=1S/C20H23NO3/c1-2-8-21-11-15-13(4-3-5-17(15)22)20-14-10-19(24)18(23)9-12(14)6-7-16(20)21/h3-5,9-10,16,20,22-24H,2,6-8,11H2,1H3/t16-,20-/m1/s1. The Morgan fingerprint density at radius 1 is 1.04 bits per heavy atom. The summed E-state index contributed by atoms with van der Waals surface area (Å²) in [7, 11) is 0. The Morgan fingerprint density at radius 2 is 1.83 bits per heavy atom. The van der Waals surface area contributed by atoms with Crippen molar-refractivity contribution >= 4 is 0 Å². The van der Waals surface area contributed by atoms with Crippen LogP contribution in [0.2, 0.25) is 0 Å². The molecule has 0 amide bonds. The molecule has 0 saturated carbocycles. The van der Waals surface area contributed by atoms with E-state index in [1.165, 1.54) is 0 Å². The van der Waals surface area contributed by atoms with E-state index in [4.69, 9.17) is 0 Å². The van der Waals surface area contributed by atoms with Gasteiger partial charge < -0.3 is 15.3 Å². The quantitative estimate of drug-likeness (QED) is 0.740. The number of aryl methyl sites for hydroxylation is 1. The summed E-state index contributed by atoms with van der Waals surface area (Å²) in [5.41, 5.74) is 4.32. The van der Waals surface area contributed by atoms with E-state index in [1.54, 1.807) is 18.2 Å². The van der Waals surface area contributed by atoms with Gasteiger partial charge in [0, 0.05) is 24.1 Å². The van der Waals surface area contributed by atoms with Crippen molar-refractivity contribution in [2.75, 3.05) is 6.54 Å². The predicted molar refractivity (Wildman–Crippen MR) is 92.5 cm³/mol. The van der Waals surface area contributed by atoms with Crippen molar-refractivity contribution in [3.8, 4) is 17.2 Å². The van der Waals surface area contributed by atoms with Crippen molar-refractivity contribution in [3.63, 3.8) is 0 Å². The Balaban J connectivity index is 1.91. The molecular weight excluding hydrogens is 302 g/mol. The Kier molecular flexibility index (Phi) is 3.65. The van der Waals surface area contributed by atoms with Crippen molar-refractivity contribution in [2.45, 2.75) is 44.7 Å². The van der Waals surface area contributed by atoms with E-state index < -0.39 is 0 Å². The largest absolute Gasteiger partial charge is 0.508 e. The molecule has 4 heteroatoms. The van der Waals surface area contributed by atoms with Gasteiger partial charge in [0.15, 0.2) is 11.5 Å². The van der Waals surface area contributed by atoms with E-state index in [0.717, 1.165) is 54.6 Å². The molecule has 2 aromatic carbocycles. The second kappa shape index (κ2) is 5.71.